The maximum absolute atomic E-state index is 12.9. The number of alkyl halides is 3. The first-order valence-electron chi connectivity index (χ1n) is 9.84. The number of guanidine groups is 1. The van der Waals surface area contributed by atoms with Crippen molar-refractivity contribution in [1.82, 2.24) is 20.0 Å². The van der Waals surface area contributed by atoms with E-state index in [0.717, 1.165) is 5.56 Å². The van der Waals surface area contributed by atoms with E-state index < -0.39 is 12.2 Å². The third kappa shape index (κ3) is 7.60. The molecule has 1 saturated heterocycles. The second kappa shape index (κ2) is 12.3. The molecule has 10 heteroatoms. The van der Waals surface area contributed by atoms with Crippen molar-refractivity contribution in [2.45, 2.75) is 32.6 Å². The Morgan fingerprint density at radius 2 is 1.80 bits per heavy atom. The van der Waals surface area contributed by atoms with E-state index in [0.29, 0.717) is 45.2 Å². The van der Waals surface area contributed by atoms with Gasteiger partial charge in [0.1, 0.15) is 6.04 Å². The molecule has 1 aromatic rings. The number of hydrogen-bond acceptors (Lipinski definition) is 3. The molecule has 0 spiro atoms. The van der Waals surface area contributed by atoms with Crippen LogP contribution in [0.2, 0.25) is 0 Å². The van der Waals surface area contributed by atoms with Crippen LogP contribution in [0.5, 0.6) is 0 Å². The summed E-state index contributed by atoms with van der Waals surface area (Å²) in [4.78, 5) is 21.8. The first-order valence-corrected chi connectivity index (χ1v) is 9.84. The van der Waals surface area contributed by atoms with Crippen LogP contribution in [0, 0.1) is 0 Å². The molecule has 1 fully saturated rings. The molecule has 1 aliphatic rings. The van der Waals surface area contributed by atoms with E-state index in [1.165, 1.54) is 11.8 Å². The molecule has 1 unspecified atom stereocenters. The van der Waals surface area contributed by atoms with E-state index in [2.05, 4.69) is 10.3 Å². The molecule has 0 aliphatic carbocycles. The van der Waals surface area contributed by atoms with Gasteiger partial charge >= 0.3 is 6.18 Å². The molecular weight excluding hydrogens is 510 g/mol. The average Bonchev–Trinajstić information content (AvgIpc) is 2.72. The lowest BCUT2D eigenvalue weighted by Gasteiger charge is -2.39. The molecule has 30 heavy (non-hydrogen) atoms. The quantitative estimate of drug-likeness (QED) is 0.342. The van der Waals surface area contributed by atoms with Crippen LogP contribution < -0.4 is 5.32 Å². The second-order valence-electron chi connectivity index (χ2n) is 7.03. The van der Waals surface area contributed by atoms with Gasteiger partial charge in [0.15, 0.2) is 5.96 Å². The normalized spacial score (nSPS) is 16.6. The molecular formula is C20H31F3IN5O. The third-order valence-corrected chi connectivity index (χ3v) is 5.20. The number of piperazine rings is 1. The number of carbonyl (C=O) groups excluding carboxylic acids is 1. The summed E-state index contributed by atoms with van der Waals surface area (Å²) in [6.45, 7) is 5.77. The Bertz CT molecular complexity index is 679. The first kappa shape index (κ1) is 26.5. The summed E-state index contributed by atoms with van der Waals surface area (Å²) in [7, 11) is 1.61. The number of likely N-dealkylation sites (N-methyl/N-ethyl adjacent to an activating group) is 1. The van der Waals surface area contributed by atoms with Crippen molar-refractivity contribution in [1.29, 1.82) is 0 Å². The highest BCUT2D eigenvalue weighted by atomic mass is 127. The average molecular weight is 541 g/mol. The smallest absolute Gasteiger partial charge is 0.347 e. The number of carbonyl (C=O) groups is 1. The van der Waals surface area contributed by atoms with Gasteiger partial charge in [0.05, 0.1) is 6.54 Å². The maximum Gasteiger partial charge on any atom is 0.403 e. The van der Waals surface area contributed by atoms with Crippen LogP contribution >= 0.6 is 24.0 Å². The van der Waals surface area contributed by atoms with Gasteiger partial charge in [-0.15, -0.1) is 24.0 Å². The summed E-state index contributed by atoms with van der Waals surface area (Å²) < 4.78 is 38.7. The van der Waals surface area contributed by atoms with Crippen molar-refractivity contribution in [2.24, 2.45) is 4.99 Å². The van der Waals surface area contributed by atoms with Gasteiger partial charge in [-0.1, -0.05) is 30.3 Å². The van der Waals surface area contributed by atoms with Crippen molar-refractivity contribution in [3.8, 4) is 0 Å². The van der Waals surface area contributed by atoms with Crippen molar-refractivity contribution in [3.05, 3.63) is 35.9 Å². The Morgan fingerprint density at radius 3 is 2.30 bits per heavy atom. The number of hydrogen-bond donors (Lipinski definition) is 1. The monoisotopic (exact) mass is 541 g/mol. The first-order chi connectivity index (χ1) is 13.8. The molecule has 170 valence electrons. The van der Waals surface area contributed by atoms with Crippen LogP contribution in [0.1, 0.15) is 19.4 Å². The van der Waals surface area contributed by atoms with Crippen LogP contribution in [-0.4, -0.2) is 85.1 Å². The number of amides is 1. The highest BCUT2D eigenvalue weighted by Crippen LogP contribution is 2.25. The summed E-state index contributed by atoms with van der Waals surface area (Å²) in [5.74, 6) is 0.482. The third-order valence-electron chi connectivity index (χ3n) is 5.20. The van der Waals surface area contributed by atoms with Crippen LogP contribution in [0.4, 0.5) is 13.2 Å². The lowest BCUT2D eigenvalue weighted by molar-refractivity contribution is -0.181. The highest BCUT2D eigenvalue weighted by Gasteiger charge is 2.41. The van der Waals surface area contributed by atoms with E-state index in [1.54, 1.807) is 11.9 Å². The Morgan fingerprint density at radius 1 is 1.20 bits per heavy atom. The van der Waals surface area contributed by atoms with Crippen molar-refractivity contribution < 1.29 is 18.0 Å². The van der Waals surface area contributed by atoms with Gasteiger partial charge < -0.3 is 15.1 Å². The Hall–Kier alpha value is -1.56. The Kier molecular flexibility index (Phi) is 10.9. The zero-order chi connectivity index (χ0) is 21.4. The number of halogens is 4. The topological polar surface area (TPSA) is 51.2 Å². The number of aliphatic imine (C=N–C) groups is 1. The molecule has 0 bridgehead atoms. The maximum atomic E-state index is 12.9. The highest BCUT2D eigenvalue weighted by molar-refractivity contribution is 14.0. The fourth-order valence-electron chi connectivity index (χ4n) is 3.31. The summed E-state index contributed by atoms with van der Waals surface area (Å²) in [6.07, 6.45) is -4.23. The number of benzene rings is 1. The van der Waals surface area contributed by atoms with Gasteiger partial charge in [0.25, 0.3) is 0 Å². The lowest BCUT2D eigenvalue weighted by Crippen LogP contribution is -2.57. The van der Waals surface area contributed by atoms with Gasteiger partial charge in [-0.05, 0) is 19.4 Å². The van der Waals surface area contributed by atoms with Crippen molar-refractivity contribution in [2.75, 3.05) is 46.3 Å². The van der Waals surface area contributed by atoms with Gasteiger partial charge in [-0.3, -0.25) is 14.7 Å². The Balaban J connectivity index is 0.00000450. The van der Waals surface area contributed by atoms with Crippen LogP contribution in [0.15, 0.2) is 35.3 Å². The van der Waals surface area contributed by atoms with Gasteiger partial charge in [-0.2, -0.15) is 13.2 Å². The van der Waals surface area contributed by atoms with E-state index in [4.69, 9.17) is 0 Å². The predicted octanol–water partition coefficient (Wildman–Crippen LogP) is 2.80. The van der Waals surface area contributed by atoms with Gasteiger partial charge in [0, 0.05) is 46.3 Å². The van der Waals surface area contributed by atoms with Gasteiger partial charge in [0.2, 0.25) is 5.91 Å². The van der Waals surface area contributed by atoms with E-state index in [9.17, 15) is 18.0 Å². The van der Waals surface area contributed by atoms with Crippen LogP contribution in [0.25, 0.3) is 0 Å². The SMILES string of the molecule is CCN(Cc1ccccc1)C(=O)CNC(=NC)N1CCN(C(C)C(F)(F)F)CC1.I. The Labute approximate surface area is 193 Å². The number of nitrogens with one attached hydrogen (secondary N) is 1. The molecule has 1 amide bonds. The minimum Gasteiger partial charge on any atom is -0.347 e. The van der Waals surface area contributed by atoms with Crippen molar-refractivity contribution in [3.63, 3.8) is 0 Å². The fourth-order valence-corrected chi connectivity index (χ4v) is 3.31. The summed E-state index contributed by atoms with van der Waals surface area (Å²) in [5, 5.41) is 3.06. The summed E-state index contributed by atoms with van der Waals surface area (Å²) >= 11 is 0. The molecule has 1 N–H and O–H groups in total. The van der Waals surface area contributed by atoms with Crippen LogP contribution in [0.3, 0.4) is 0 Å². The molecule has 1 aromatic carbocycles. The molecule has 0 aromatic heterocycles. The zero-order valence-electron chi connectivity index (χ0n) is 17.7. The molecule has 0 radical (unpaired) electrons. The fraction of sp³-hybridized carbons (Fsp3) is 0.600. The molecule has 6 nitrogen and oxygen atoms in total. The van der Waals surface area contributed by atoms with Gasteiger partial charge in [-0.25, -0.2) is 0 Å². The molecule has 1 aliphatic heterocycles. The predicted molar refractivity (Wildman–Crippen MR) is 123 cm³/mol. The largest absolute Gasteiger partial charge is 0.403 e. The summed E-state index contributed by atoms with van der Waals surface area (Å²) in [6, 6.07) is 8.30. The minimum absolute atomic E-state index is 0. The van der Waals surface area contributed by atoms with Crippen LogP contribution in [-0.2, 0) is 11.3 Å². The van der Waals surface area contributed by atoms with E-state index in [1.807, 2.05) is 42.2 Å². The molecule has 1 atom stereocenters. The molecule has 2 rings (SSSR count). The second-order valence-corrected chi connectivity index (χ2v) is 7.03. The zero-order valence-corrected chi connectivity index (χ0v) is 20.0. The molecule has 0 saturated carbocycles. The summed E-state index contributed by atoms with van der Waals surface area (Å²) in [5.41, 5.74) is 1.06. The standard InChI is InChI=1S/C20H30F3N5O.HI/c1-4-26(15-17-8-6-5-7-9-17)18(29)14-25-19(24-3)28-12-10-27(11-13-28)16(2)20(21,22)23;/h5-9,16H,4,10-15H2,1-3H3,(H,24,25);1H. The minimum atomic E-state index is -4.23. The lowest BCUT2D eigenvalue weighted by atomic mass is 10.2. The number of rotatable bonds is 6. The molecule has 1 heterocycles. The van der Waals surface area contributed by atoms with Crippen molar-refractivity contribution >= 4 is 35.8 Å². The van der Waals surface area contributed by atoms with E-state index >= 15 is 0 Å². The van der Waals surface area contributed by atoms with E-state index in [-0.39, 0.29) is 36.4 Å². The number of nitrogens with zero attached hydrogens (tertiary/aromatic N) is 4.